The fourth-order valence-corrected chi connectivity index (χ4v) is 3.72. The van der Waals surface area contributed by atoms with E-state index in [1.165, 1.54) is 57.1 Å². The van der Waals surface area contributed by atoms with Gasteiger partial charge in [0.05, 0.1) is 0 Å². The van der Waals surface area contributed by atoms with E-state index in [-0.39, 0.29) is 0 Å². The van der Waals surface area contributed by atoms with Crippen LogP contribution < -0.4 is 5.32 Å². The Bertz CT molecular complexity index is 357. The summed E-state index contributed by atoms with van der Waals surface area (Å²) in [6.07, 6.45) is 15.5. The van der Waals surface area contributed by atoms with Crippen molar-refractivity contribution in [3.05, 3.63) is 24.4 Å². The zero-order chi connectivity index (χ0) is 14.6. The van der Waals surface area contributed by atoms with Crippen LogP contribution in [-0.4, -0.2) is 5.54 Å². The lowest BCUT2D eigenvalue weighted by Gasteiger charge is -2.24. The molecule has 0 radical (unpaired) electrons. The van der Waals surface area contributed by atoms with E-state index in [1.807, 2.05) is 0 Å². The van der Waals surface area contributed by atoms with Crippen LogP contribution in [0, 0.1) is 17.8 Å². The van der Waals surface area contributed by atoms with E-state index in [9.17, 15) is 0 Å². The van der Waals surface area contributed by atoms with Crippen molar-refractivity contribution in [3.63, 3.8) is 0 Å². The average molecular weight is 275 g/mol. The third-order valence-corrected chi connectivity index (χ3v) is 5.40. The first-order chi connectivity index (χ1) is 9.57. The smallest absolute Gasteiger partial charge is 0.0412 e. The normalized spacial score (nSPS) is 36.5. The van der Waals surface area contributed by atoms with Gasteiger partial charge in [-0.1, -0.05) is 58.3 Å². The molecule has 0 bridgehead atoms. The van der Waals surface area contributed by atoms with Crippen molar-refractivity contribution in [1.29, 1.82) is 0 Å². The summed E-state index contributed by atoms with van der Waals surface area (Å²) in [5.41, 5.74) is 1.60. The quantitative estimate of drug-likeness (QED) is 0.459. The van der Waals surface area contributed by atoms with Crippen LogP contribution >= 0.6 is 0 Å². The molecule has 0 aromatic rings. The van der Waals surface area contributed by atoms with E-state index < -0.39 is 0 Å². The van der Waals surface area contributed by atoms with Gasteiger partial charge in [-0.15, -0.1) is 0 Å². The highest BCUT2D eigenvalue weighted by molar-refractivity contribution is 5.21. The number of unbranched alkanes of at least 4 members (excludes halogenated alkanes) is 3. The minimum atomic E-state index is 0.292. The third-order valence-electron chi connectivity index (χ3n) is 5.40. The Labute approximate surface area is 125 Å². The van der Waals surface area contributed by atoms with E-state index in [2.05, 4.69) is 44.8 Å². The summed E-state index contributed by atoms with van der Waals surface area (Å²) in [5, 5.41) is 3.76. The lowest BCUT2D eigenvalue weighted by Crippen LogP contribution is -2.32. The lowest BCUT2D eigenvalue weighted by molar-refractivity contribution is 0.426. The van der Waals surface area contributed by atoms with Crippen molar-refractivity contribution in [2.45, 2.75) is 77.7 Å². The van der Waals surface area contributed by atoms with Crippen molar-refractivity contribution in [2.24, 2.45) is 17.8 Å². The summed E-state index contributed by atoms with van der Waals surface area (Å²) in [6, 6.07) is 0. The number of rotatable bonds is 8. The van der Waals surface area contributed by atoms with Crippen LogP contribution in [-0.2, 0) is 0 Å². The second-order valence-corrected chi connectivity index (χ2v) is 7.32. The summed E-state index contributed by atoms with van der Waals surface area (Å²) < 4.78 is 0. The van der Waals surface area contributed by atoms with E-state index in [0.29, 0.717) is 11.5 Å². The van der Waals surface area contributed by atoms with Gasteiger partial charge in [-0.3, -0.25) is 0 Å². The minimum absolute atomic E-state index is 0.292. The van der Waals surface area contributed by atoms with Gasteiger partial charge in [-0.25, -0.2) is 0 Å². The summed E-state index contributed by atoms with van der Waals surface area (Å²) >= 11 is 0. The zero-order valence-electron chi connectivity index (χ0n) is 13.8. The number of hydrogen-bond donors (Lipinski definition) is 1. The summed E-state index contributed by atoms with van der Waals surface area (Å²) in [7, 11) is 0. The molecule has 0 saturated heterocycles. The van der Waals surface area contributed by atoms with E-state index in [0.717, 1.165) is 11.8 Å². The van der Waals surface area contributed by atoms with E-state index >= 15 is 0 Å². The first kappa shape index (κ1) is 15.7. The Balaban J connectivity index is 1.72. The van der Waals surface area contributed by atoms with Crippen molar-refractivity contribution in [1.82, 2.24) is 5.32 Å². The topological polar surface area (TPSA) is 12.0 Å². The van der Waals surface area contributed by atoms with Crippen LogP contribution in [0.15, 0.2) is 24.4 Å². The number of allylic oxidation sites excluding steroid dienone is 2. The fraction of sp³-hybridized carbons (Fsp3) is 0.789. The zero-order valence-corrected chi connectivity index (χ0v) is 13.8. The molecule has 0 aromatic heterocycles. The Morgan fingerprint density at radius 1 is 1.35 bits per heavy atom. The van der Waals surface area contributed by atoms with Crippen LogP contribution in [0.2, 0.25) is 0 Å². The van der Waals surface area contributed by atoms with Gasteiger partial charge in [0, 0.05) is 23.1 Å². The molecule has 1 unspecified atom stereocenters. The van der Waals surface area contributed by atoms with Gasteiger partial charge in [0.1, 0.15) is 0 Å². The van der Waals surface area contributed by atoms with Gasteiger partial charge in [-0.05, 0) is 38.5 Å². The van der Waals surface area contributed by atoms with Gasteiger partial charge in [-0.2, -0.15) is 0 Å². The van der Waals surface area contributed by atoms with Crippen molar-refractivity contribution < 1.29 is 0 Å². The molecule has 1 N–H and O–H groups in total. The summed E-state index contributed by atoms with van der Waals surface area (Å²) in [6.45, 7) is 11.3. The minimum Gasteiger partial charge on any atom is -0.383 e. The standard InChI is InChI=1S/C19H33N/c1-5-6-7-8-9-12-17-14-19(17,4)20-16(3)18-13-10-11-15(18)2/h9,12,15,17-18,20H,3,5-8,10-11,13-14H2,1-2,4H3/b12-9-/t15-,17-,18?,19-/m1/s1. The molecule has 2 fully saturated rings. The molecular weight excluding hydrogens is 242 g/mol. The Morgan fingerprint density at radius 3 is 2.80 bits per heavy atom. The number of hydrogen-bond acceptors (Lipinski definition) is 1. The maximum absolute atomic E-state index is 4.33. The van der Waals surface area contributed by atoms with Gasteiger partial charge in [0.15, 0.2) is 0 Å². The highest BCUT2D eigenvalue weighted by Gasteiger charge is 2.49. The third kappa shape index (κ3) is 3.90. The highest BCUT2D eigenvalue weighted by Crippen LogP contribution is 2.46. The molecule has 0 aromatic carbocycles. The van der Waals surface area contributed by atoms with Crippen LogP contribution in [0.25, 0.3) is 0 Å². The number of nitrogens with one attached hydrogen (secondary N) is 1. The Kier molecular flexibility index (Phi) is 5.35. The maximum atomic E-state index is 4.33. The molecule has 114 valence electrons. The highest BCUT2D eigenvalue weighted by atomic mass is 15.0. The van der Waals surface area contributed by atoms with Crippen LogP contribution in [0.5, 0.6) is 0 Å². The molecule has 20 heavy (non-hydrogen) atoms. The predicted molar refractivity (Wildman–Crippen MR) is 88.6 cm³/mol. The van der Waals surface area contributed by atoms with Gasteiger partial charge in [0.25, 0.3) is 0 Å². The second-order valence-electron chi connectivity index (χ2n) is 7.32. The Hall–Kier alpha value is -0.720. The molecule has 0 aliphatic heterocycles. The molecule has 0 amide bonds. The van der Waals surface area contributed by atoms with Gasteiger partial charge in [0.2, 0.25) is 0 Å². The molecule has 1 nitrogen and oxygen atoms in total. The molecule has 4 atom stereocenters. The first-order valence-corrected chi connectivity index (χ1v) is 8.70. The Morgan fingerprint density at radius 2 is 2.15 bits per heavy atom. The molecule has 0 spiro atoms. The molecule has 1 heteroatoms. The SMILES string of the molecule is C=C(N[C@]1(C)C[C@H]1/C=C\CCCCC)C1CCC[C@H]1C. The predicted octanol–water partition coefficient (Wildman–Crippen LogP) is 5.44. The van der Waals surface area contributed by atoms with E-state index in [4.69, 9.17) is 0 Å². The molecule has 0 heterocycles. The summed E-state index contributed by atoms with van der Waals surface area (Å²) in [4.78, 5) is 0. The first-order valence-electron chi connectivity index (χ1n) is 8.70. The monoisotopic (exact) mass is 275 g/mol. The second kappa shape index (κ2) is 6.83. The van der Waals surface area contributed by atoms with Gasteiger partial charge < -0.3 is 5.32 Å². The molecule has 2 aliphatic rings. The molecule has 2 saturated carbocycles. The van der Waals surface area contributed by atoms with Crippen LogP contribution in [0.4, 0.5) is 0 Å². The molecular formula is C19H33N. The maximum Gasteiger partial charge on any atom is 0.0412 e. The van der Waals surface area contributed by atoms with Crippen molar-refractivity contribution in [2.75, 3.05) is 0 Å². The van der Waals surface area contributed by atoms with Crippen LogP contribution in [0.3, 0.4) is 0 Å². The van der Waals surface area contributed by atoms with Crippen LogP contribution in [0.1, 0.15) is 72.1 Å². The van der Waals surface area contributed by atoms with Crippen molar-refractivity contribution >= 4 is 0 Å². The lowest BCUT2D eigenvalue weighted by atomic mass is 9.94. The van der Waals surface area contributed by atoms with Gasteiger partial charge >= 0.3 is 0 Å². The largest absolute Gasteiger partial charge is 0.383 e. The van der Waals surface area contributed by atoms with E-state index in [1.54, 1.807) is 0 Å². The molecule has 2 aliphatic carbocycles. The average Bonchev–Trinajstić information content (AvgIpc) is 2.83. The molecule has 2 rings (SSSR count). The summed E-state index contributed by atoms with van der Waals surface area (Å²) in [5.74, 6) is 2.25. The van der Waals surface area contributed by atoms with Crippen molar-refractivity contribution in [3.8, 4) is 0 Å². The fourth-order valence-electron chi connectivity index (χ4n) is 3.72.